The molecule has 2 nitrogen and oxygen atoms in total. The van der Waals surface area contributed by atoms with E-state index < -0.39 is 0 Å². The van der Waals surface area contributed by atoms with Gasteiger partial charge in [0.15, 0.2) is 0 Å². The third kappa shape index (κ3) is 3.08. The quantitative estimate of drug-likeness (QED) is 0.829. The lowest BCUT2D eigenvalue weighted by Gasteiger charge is -2.37. The van der Waals surface area contributed by atoms with Crippen molar-refractivity contribution in [2.24, 2.45) is 0 Å². The van der Waals surface area contributed by atoms with Crippen molar-refractivity contribution in [3.63, 3.8) is 0 Å². The molecule has 3 heteroatoms. The van der Waals surface area contributed by atoms with Gasteiger partial charge >= 0.3 is 0 Å². The number of hydrogen-bond donors (Lipinski definition) is 1. The van der Waals surface area contributed by atoms with E-state index in [0.29, 0.717) is 12.0 Å². The fourth-order valence-corrected chi connectivity index (χ4v) is 3.25. The molecule has 0 heterocycles. The van der Waals surface area contributed by atoms with Crippen molar-refractivity contribution in [1.82, 2.24) is 0 Å². The van der Waals surface area contributed by atoms with Crippen molar-refractivity contribution >= 4 is 21.6 Å². The molecule has 0 amide bonds. The maximum absolute atomic E-state index is 5.30. The third-order valence-corrected chi connectivity index (χ3v) is 5.19. The van der Waals surface area contributed by atoms with Gasteiger partial charge in [-0.2, -0.15) is 0 Å². The summed E-state index contributed by atoms with van der Waals surface area (Å²) in [6.07, 6.45) is 2.36. The highest BCUT2D eigenvalue weighted by molar-refractivity contribution is 9.10. The zero-order valence-corrected chi connectivity index (χ0v) is 14.0. The average Bonchev–Trinajstić information content (AvgIpc) is 2.46. The summed E-state index contributed by atoms with van der Waals surface area (Å²) in [6.45, 7) is 2.14. The second-order valence-electron chi connectivity index (χ2n) is 5.70. The van der Waals surface area contributed by atoms with Gasteiger partial charge in [0.05, 0.1) is 7.11 Å². The Kier molecular flexibility index (Phi) is 4.20. The van der Waals surface area contributed by atoms with Crippen LogP contribution in [0.15, 0.2) is 46.9 Å². The van der Waals surface area contributed by atoms with Gasteiger partial charge in [-0.05, 0) is 61.1 Å². The van der Waals surface area contributed by atoms with Crippen molar-refractivity contribution < 1.29 is 4.74 Å². The first-order valence-corrected chi connectivity index (χ1v) is 8.12. The van der Waals surface area contributed by atoms with E-state index in [9.17, 15) is 0 Å². The summed E-state index contributed by atoms with van der Waals surface area (Å²) in [6, 6.07) is 15.3. The number of nitrogens with one attached hydrogen (secondary N) is 1. The van der Waals surface area contributed by atoms with Crippen LogP contribution < -0.4 is 10.1 Å². The molecule has 0 aliphatic heterocycles. The maximum atomic E-state index is 5.30. The maximum Gasteiger partial charge on any atom is 0.119 e. The van der Waals surface area contributed by atoms with Crippen LogP contribution in [-0.2, 0) is 0 Å². The molecule has 0 bridgehead atoms. The highest BCUT2D eigenvalue weighted by atomic mass is 79.9. The standard InChI is InChI=1S/C18H20BrNO/c1-12-17(19)7-4-8-18(12)20-15-9-14(10-15)13-5-3-6-16(11-13)21-2/h3-8,11,14-15,20H,9-10H2,1-2H3. The lowest BCUT2D eigenvalue weighted by atomic mass is 9.75. The molecule has 0 atom stereocenters. The molecule has 0 saturated heterocycles. The van der Waals surface area contributed by atoms with E-state index in [1.54, 1.807) is 7.11 Å². The number of benzene rings is 2. The number of methoxy groups -OCH3 is 1. The minimum Gasteiger partial charge on any atom is -0.497 e. The Balaban J connectivity index is 1.62. The van der Waals surface area contributed by atoms with Crippen LogP contribution in [0.1, 0.15) is 29.9 Å². The van der Waals surface area contributed by atoms with Crippen LogP contribution in [-0.4, -0.2) is 13.2 Å². The average molecular weight is 346 g/mol. The predicted molar refractivity (Wildman–Crippen MR) is 91.3 cm³/mol. The molecule has 1 fully saturated rings. The molecule has 0 aromatic heterocycles. The summed E-state index contributed by atoms with van der Waals surface area (Å²) in [5.41, 5.74) is 3.90. The molecular weight excluding hydrogens is 326 g/mol. The Labute approximate surface area is 134 Å². The predicted octanol–water partition coefficient (Wildman–Crippen LogP) is 5.12. The highest BCUT2D eigenvalue weighted by Crippen LogP contribution is 2.40. The zero-order chi connectivity index (χ0) is 14.8. The molecular formula is C18H20BrNO. The van der Waals surface area contributed by atoms with Gasteiger partial charge in [0.2, 0.25) is 0 Å². The Morgan fingerprint density at radius 2 is 1.90 bits per heavy atom. The first-order chi connectivity index (χ1) is 10.2. The topological polar surface area (TPSA) is 21.3 Å². The van der Waals surface area contributed by atoms with E-state index in [1.165, 1.54) is 29.7 Å². The van der Waals surface area contributed by atoms with E-state index >= 15 is 0 Å². The van der Waals surface area contributed by atoms with Gasteiger partial charge in [-0.1, -0.05) is 34.1 Å². The number of ether oxygens (including phenoxy) is 1. The van der Waals surface area contributed by atoms with Gasteiger partial charge in [-0.25, -0.2) is 0 Å². The number of hydrogen-bond acceptors (Lipinski definition) is 2. The molecule has 21 heavy (non-hydrogen) atoms. The van der Waals surface area contributed by atoms with Crippen molar-refractivity contribution in [2.75, 3.05) is 12.4 Å². The minimum atomic E-state index is 0.564. The first-order valence-electron chi connectivity index (χ1n) is 7.33. The van der Waals surface area contributed by atoms with Crippen LogP contribution in [0.25, 0.3) is 0 Å². The van der Waals surface area contributed by atoms with Crippen LogP contribution in [0.3, 0.4) is 0 Å². The molecule has 0 spiro atoms. The molecule has 1 N–H and O–H groups in total. The molecule has 110 valence electrons. The molecule has 2 aromatic carbocycles. The summed E-state index contributed by atoms with van der Waals surface area (Å²) in [4.78, 5) is 0. The molecule has 3 rings (SSSR count). The van der Waals surface area contributed by atoms with Crippen molar-refractivity contribution in [1.29, 1.82) is 0 Å². The molecule has 0 unspecified atom stereocenters. The van der Waals surface area contributed by atoms with Gasteiger partial charge < -0.3 is 10.1 Å². The van der Waals surface area contributed by atoms with Crippen LogP contribution in [0.5, 0.6) is 5.75 Å². The van der Waals surface area contributed by atoms with Crippen molar-refractivity contribution in [3.05, 3.63) is 58.1 Å². The van der Waals surface area contributed by atoms with E-state index in [2.05, 4.69) is 64.6 Å². The van der Waals surface area contributed by atoms with Gasteiger partial charge in [-0.15, -0.1) is 0 Å². The fourth-order valence-electron chi connectivity index (χ4n) is 2.89. The summed E-state index contributed by atoms with van der Waals surface area (Å²) < 4.78 is 6.47. The Bertz CT molecular complexity index is 635. The second-order valence-corrected chi connectivity index (χ2v) is 6.55. The molecule has 2 aromatic rings. The monoisotopic (exact) mass is 345 g/mol. The summed E-state index contributed by atoms with van der Waals surface area (Å²) >= 11 is 3.59. The Hall–Kier alpha value is -1.48. The Morgan fingerprint density at radius 1 is 1.14 bits per heavy atom. The normalized spacial score (nSPS) is 20.7. The lowest BCUT2D eigenvalue weighted by molar-refractivity contribution is 0.370. The summed E-state index contributed by atoms with van der Waals surface area (Å²) in [5, 5.41) is 3.65. The largest absolute Gasteiger partial charge is 0.497 e. The second kappa shape index (κ2) is 6.10. The number of anilines is 1. The Morgan fingerprint density at radius 3 is 2.67 bits per heavy atom. The number of rotatable bonds is 4. The fraction of sp³-hybridized carbons (Fsp3) is 0.333. The van der Waals surface area contributed by atoms with E-state index in [4.69, 9.17) is 4.74 Å². The van der Waals surface area contributed by atoms with E-state index in [-0.39, 0.29) is 0 Å². The van der Waals surface area contributed by atoms with E-state index in [1.807, 2.05) is 6.07 Å². The summed E-state index contributed by atoms with van der Waals surface area (Å²) in [5.74, 6) is 1.59. The molecule has 1 aliphatic carbocycles. The first kappa shape index (κ1) is 14.5. The minimum absolute atomic E-state index is 0.564. The lowest BCUT2D eigenvalue weighted by Crippen LogP contribution is -2.34. The van der Waals surface area contributed by atoms with E-state index in [0.717, 1.165) is 10.2 Å². The molecule has 1 aliphatic rings. The zero-order valence-electron chi connectivity index (χ0n) is 12.4. The van der Waals surface area contributed by atoms with Crippen LogP contribution in [0.2, 0.25) is 0 Å². The van der Waals surface area contributed by atoms with Crippen LogP contribution in [0.4, 0.5) is 5.69 Å². The van der Waals surface area contributed by atoms with Gasteiger partial charge in [0.25, 0.3) is 0 Å². The SMILES string of the molecule is COc1cccc(C2CC(Nc3cccc(Br)c3C)C2)c1. The third-order valence-electron chi connectivity index (χ3n) is 4.33. The van der Waals surface area contributed by atoms with Gasteiger partial charge in [0, 0.05) is 16.2 Å². The summed E-state index contributed by atoms with van der Waals surface area (Å²) in [7, 11) is 1.72. The number of halogens is 1. The van der Waals surface area contributed by atoms with Gasteiger partial charge in [-0.3, -0.25) is 0 Å². The molecule has 1 saturated carbocycles. The molecule has 0 radical (unpaired) electrons. The van der Waals surface area contributed by atoms with Gasteiger partial charge in [0.1, 0.15) is 5.75 Å². The van der Waals surface area contributed by atoms with Crippen molar-refractivity contribution in [3.8, 4) is 5.75 Å². The van der Waals surface area contributed by atoms with Crippen molar-refractivity contribution in [2.45, 2.75) is 31.7 Å². The van der Waals surface area contributed by atoms with Crippen LogP contribution in [0, 0.1) is 6.92 Å². The van der Waals surface area contributed by atoms with Crippen LogP contribution >= 0.6 is 15.9 Å². The smallest absolute Gasteiger partial charge is 0.119 e. The highest BCUT2D eigenvalue weighted by Gasteiger charge is 2.30.